The summed E-state index contributed by atoms with van der Waals surface area (Å²) in [7, 11) is 0. The predicted molar refractivity (Wildman–Crippen MR) is 120 cm³/mol. The Bertz CT molecular complexity index is 1170. The second-order valence-corrected chi connectivity index (χ2v) is 8.22. The first-order valence-electron chi connectivity index (χ1n) is 8.88. The van der Waals surface area contributed by atoms with Crippen molar-refractivity contribution in [2.75, 3.05) is 5.32 Å². The van der Waals surface area contributed by atoms with Gasteiger partial charge in [0.15, 0.2) is 5.65 Å². The molecule has 2 heterocycles. The van der Waals surface area contributed by atoms with Gasteiger partial charge in [-0.2, -0.15) is 0 Å². The number of halogens is 2. The number of anilines is 1. The van der Waals surface area contributed by atoms with E-state index < -0.39 is 0 Å². The zero-order valence-corrected chi connectivity index (χ0v) is 18.3. The first kappa shape index (κ1) is 18.9. The van der Waals surface area contributed by atoms with Crippen LogP contribution >= 0.6 is 31.9 Å². The molecule has 0 aliphatic heterocycles. The molecule has 2 aromatic carbocycles. The molecule has 1 amide bonds. The highest BCUT2D eigenvalue weighted by molar-refractivity contribution is 9.11. The Labute approximate surface area is 179 Å². The number of imidazole rings is 1. The van der Waals surface area contributed by atoms with E-state index >= 15 is 0 Å². The van der Waals surface area contributed by atoms with E-state index in [1.54, 1.807) is 0 Å². The number of hydrogen-bond acceptors (Lipinski definition) is 2. The molecule has 4 nitrogen and oxygen atoms in total. The number of pyridine rings is 1. The molecule has 0 spiro atoms. The van der Waals surface area contributed by atoms with Gasteiger partial charge in [0.1, 0.15) is 0 Å². The number of rotatable bonds is 4. The molecule has 0 aliphatic carbocycles. The SMILES string of the molecule is CCc1ccc(C(=O)Nc2cccc(-c3cn4cc(Br)cc(Br)c4n3)c2)cc1. The number of aryl methyl sites for hydroxylation is 1. The smallest absolute Gasteiger partial charge is 0.255 e. The molecule has 4 rings (SSSR count). The van der Waals surface area contributed by atoms with Gasteiger partial charge in [-0.3, -0.25) is 4.79 Å². The largest absolute Gasteiger partial charge is 0.322 e. The van der Waals surface area contributed by atoms with Gasteiger partial charge in [-0.05, 0) is 74.2 Å². The minimum Gasteiger partial charge on any atom is -0.322 e. The molecule has 0 radical (unpaired) electrons. The number of fused-ring (bicyclic) bond motifs is 1. The minimum absolute atomic E-state index is 0.124. The fourth-order valence-corrected chi connectivity index (χ4v) is 4.31. The monoisotopic (exact) mass is 497 g/mol. The summed E-state index contributed by atoms with van der Waals surface area (Å²) in [6.45, 7) is 2.09. The van der Waals surface area contributed by atoms with Gasteiger partial charge < -0.3 is 9.72 Å². The van der Waals surface area contributed by atoms with Crippen molar-refractivity contribution in [1.82, 2.24) is 9.38 Å². The fourth-order valence-electron chi connectivity index (χ4n) is 3.01. The van der Waals surface area contributed by atoms with Crippen molar-refractivity contribution in [2.24, 2.45) is 0 Å². The molecule has 0 bridgehead atoms. The number of benzene rings is 2. The highest BCUT2D eigenvalue weighted by Crippen LogP contribution is 2.27. The second kappa shape index (κ2) is 7.89. The highest BCUT2D eigenvalue weighted by atomic mass is 79.9. The molecule has 1 N–H and O–H groups in total. The number of hydrogen-bond donors (Lipinski definition) is 1. The van der Waals surface area contributed by atoms with Crippen molar-refractivity contribution in [1.29, 1.82) is 0 Å². The summed E-state index contributed by atoms with van der Waals surface area (Å²) < 4.78 is 3.84. The normalized spacial score (nSPS) is 11.0. The van der Waals surface area contributed by atoms with E-state index in [0.29, 0.717) is 5.56 Å². The number of aromatic nitrogens is 2. The van der Waals surface area contributed by atoms with Gasteiger partial charge in [-0.1, -0.05) is 31.2 Å². The lowest BCUT2D eigenvalue weighted by Gasteiger charge is -2.07. The van der Waals surface area contributed by atoms with Gasteiger partial charge in [0, 0.05) is 33.7 Å². The summed E-state index contributed by atoms with van der Waals surface area (Å²) in [5.41, 5.74) is 5.20. The lowest BCUT2D eigenvalue weighted by molar-refractivity contribution is 0.102. The van der Waals surface area contributed by atoms with Crippen molar-refractivity contribution in [3.8, 4) is 11.3 Å². The van der Waals surface area contributed by atoms with Crippen LogP contribution in [0.4, 0.5) is 5.69 Å². The van der Waals surface area contributed by atoms with Crippen molar-refractivity contribution < 1.29 is 4.79 Å². The van der Waals surface area contributed by atoms with Crippen molar-refractivity contribution >= 4 is 49.1 Å². The molecule has 0 saturated carbocycles. The topological polar surface area (TPSA) is 46.4 Å². The summed E-state index contributed by atoms with van der Waals surface area (Å²) in [4.78, 5) is 17.2. The van der Waals surface area contributed by atoms with Gasteiger partial charge in [-0.25, -0.2) is 4.98 Å². The maximum Gasteiger partial charge on any atom is 0.255 e. The zero-order valence-electron chi connectivity index (χ0n) is 15.1. The lowest BCUT2D eigenvalue weighted by Crippen LogP contribution is -2.11. The van der Waals surface area contributed by atoms with Gasteiger partial charge >= 0.3 is 0 Å². The number of carbonyl (C=O) groups excluding carboxylic acids is 1. The van der Waals surface area contributed by atoms with Gasteiger partial charge in [0.2, 0.25) is 0 Å². The summed E-state index contributed by atoms with van der Waals surface area (Å²) in [5, 5.41) is 2.97. The third-order valence-corrected chi connectivity index (χ3v) is 5.53. The molecule has 0 atom stereocenters. The van der Waals surface area contributed by atoms with Crippen LogP contribution in [0.15, 0.2) is 75.9 Å². The highest BCUT2D eigenvalue weighted by Gasteiger charge is 2.10. The predicted octanol–water partition coefficient (Wildman–Crippen LogP) is 6.34. The van der Waals surface area contributed by atoms with E-state index in [9.17, 15) is 4.79 Å². The van der Waals surface area contributed by atoms with Crippen LogP contribution in [0.5, 0.6) is 0 Å². The Kier molecular flexibility index (Phi) is 5.33. The maximum absolute atomic E-state index is 12.5. The first-order chi connectivity index (χ1) is 13.5. The van der Waals surface area contributed by atoms with Gasteiger partial charge in [0.05, 0.1) is 10.2 Å². The zero-order chi connectivity index (χ0) is 19.7. The second-order valence-electron chi connectivity index (χ2n) is 6.45. The Morgan fingerprint density at radius 1 is 1.07 bits per heavy atom. The molecular weight excluding hydrogens is 482 g/mol. The minimum atomic E-state index is -0.124. The summed E-state index contributed by atoms with van der Waals surface area (Å²) in [6, 6.07) is 17.4. The number of amides is 1. The van der Waals surface area contributed by atoms with E-state index in [2.05, 4.69) is 44.1 Å². The van der Waals surface area contributed by atoms with E-state index in [0.717, 1.165) is 38.0 Å². The maximum atomic E-state index is 12.5. The average Bonchev–Trinajstić information content (AvgIpc) is 3.13. The molecule has 6 heteroatoms. The number of carbonyl (C=O) groups is 1. The molecule has 28 heavy (non-hydrogen) atoms. The van der Waals surface area contributed by atoms with Crippen molar-refractivity contribution in [3.05, 3.63) is 87.1 Å². The van der Waals surface area contributed by atoms with Crippen LogP contribution in [-0.2, 0) is 6.42 Å². The summed E-state index contributed by atoms with van der Waals surface area (Å²) in [5.74, 6) is -0.124. The standard InChI is InChI=1S/C22H17Br2N3O/c1-2-14-6-8-15(9-7-14)22(28)25-18-5-3-4-16(10-18)20-13-27-12-17(23)11-19(24)21(27)26-20/h3-13H,2H2,1H3,(H,25,28). The van der Waals surface area contributed by atoms with E-state index in [1.165, 1.54) is 5.56 Å². The van der Waals surface area contributed by atoms with Gasteiger partial charge in [0.25, 0.3) is 5.91 Å². The Balaban J connectivity index is 1.60. The van der Waals surface area contributed by atoms with Gasteiger partial charge in [-0.15, -0.1) is 0 Å². The molecule has 0 fully saturated rings. The van der Waals surface area contributed by atoms with Crippen LogP contribution in [0.25, 0.3) is 16.9 Å². The Morgan fingerprint density at radius 3 is 2.61 bits per heavy atom. The van der Waals surface area contributed by atoms with Crippen LogP contribution in [0.3, 0.4) is 0 Å². The van der Waals surface area contributed by atoms with E-state index in [4.69, 9.17) is 4.98 Å². The molecule has 0 saturated heterocycles. The molecular formula is C22H17Br2N3O. The third kappa shape index (κ3) is 3.88. The number of nitrogens with one attached hydrogen (secondary N) is 1. The Morgan fingerprint density at radius 2 is 1.86 bits per heavy atom. The van der Waals surface area contributed by atoms with Crippen LogP contribution in [0, 0.1) is 0 Å². The quantitative estimate of drug-likeness (QED) is 0.356. The van der Waals surface area contributed by atoms with Crippen LogP contribution in [-0.4, -0.2) is 15.3 Å². The van der Waals surface area contributed by atoms with E-state index in [-0.39, 0.29) is 5.91 Å². The van der Waals surface area contributed by atoms with Crippen LogP contribution in [0.1, 0.15) is 22.8 Å². The first-order valence-corrected chi connectivity index (χ1v) is 10.5. The molecule has 0 unspecified atom stereocenters. The molecule has 4 aromatic rings. The summed E-state index contributed by atoms with van der Waals surface area (Å²) >= 11 is 7.04. The number of nitrogens with zero attached hydrogens (tertiary/aromatic N) is 2. The lowest BCUT2D eigenvalue weighted by atomic mass is 10.1. The third-order valence-electron chi connectivity index (χ3n) is 4.51. The average molecular weight is 499 g/mol. The van der Waals surface area contributed by atoms with Crippen molar-refractivity contribution in [3.63, 3.8) is 0 Å². The fraction of sp³-hybridized carbons (Fsp3) is 0.0909. The molecule has 0 aliphatic rings. The van der Waals surface area contributed by atoms with Crippen LogP contribution < -0.4 is 5.32 Å². The van der Waals surface area contributed by atoms with E-state index in [1.807, 2.05) is 71.4 Å². The van der Waals surface area contributed by atoms with Crippen molar-refractivity contribution in [2.45, 2.75) is 13.3 Å². The van der Waals surface area contributed by atoms with Crippen LogP contribution in [0.2, 0.25) is 0 Å². The molecule has 140 valence electrons. The summed E-state index contributed by atoms with van der Waals surface area (Å²) in [6.07, 6.45) is 4.88. The molecule has 2 aromatic heterocycles. The Hall–Kier alpha value is -2.44.